The van der Waals surface area contributed by atoms with Crippen LogP contribution in [0.2, 0.25) is 0 Å². The molecule has 0 spiro atoms. The number of nitrogens with zero attached hydrogens (tertiary/aromatic N) is 1. The summed E-state index contributed by atoms with van der Waals surface area (Å²) in [5.74, 6) is 1.84. The molecule has 0 bridgehead atoms. The fourth-order valence-electron chi connectivity index (χ4n) is 1.83. The fourth-order valence-corrected chi connectivity index (χ4v) is 1.83. The van der Waals surface area contributed by atoms with Gasteiger partial charge < -0.3 is 25.6 Å². The molecular formula is C17H23N3O3. The van der Waals surface area contributed by atoms with Crippen LogP contribution in [-0.4, -0.2) is 28.5 Å². The molecule has 6 heteroatoms. The lowest BCUT2D eigenvalue weighted by Gasteiger charge is -2.17. The van der Waals surface area contributed by atoms with Gasteiger partial charge in [-0.3, -0.25) is 0 Å². The molecule has 0 aliphatic heterocycles. The Morgan fingerprint density at radius 1 is 1.13 bits per heavy atom. The van der Waals surface area contributed by atoms with Gasteiger partial charge in [0.15, 0.2) is 0 Å². The molecule has 1 aromatic heterocycles. The average molecular weight is 317 g/mol. The Hall–Kier alpha value is -2.31. The fraction of sp³-hybridized carbons (Fsp3) is 0.353. The zero-order chi connectivity index (χ0) is 16.8. The van der Waals surface area contributed by atoms with Gasteiger partial charge in [-0.25, -0.2) is 4.98 Å². The first kappa shape index (κ1) is 17.1. The van der Waals surface area contributed by atoms with Crippen molar-refractivity contribution in [3.05, 3.63) is 42.6 Å². The first-order valence-electron chi connectivity index (χ1n) is 7.55. The van der Waals surface area contributed by atoms with Crippen LogP contribution >= 0.6 is 0 Å². The standard InChI is InChI=1S/C17H23N3O3/c1-11(2)22-14-5-4-6-15(9-14)23-16-8-7-13(10-19-16)20-17(21)12(3)18/h4-12,17,20-21H,18H2,1-3H3/t12-,17-/m1/s1. The maximum atomic E-state index is 9.68. The molecule has 0 saturated heterocycles. The van der Waals surface area contributed by atoms with E-state index in [1.54, 1.807) is 25.3 Å². The van der Waals surface area contributed by atoms with Gasteiger partial charge >= 0.3 is 0 Å². The number of benzene rings is 1. The summed E-state index contributed by atoms with van der Waals surface area (Å²) in [6.45, 7) is 5.66. The molecule has 0 radical (unpaired) electrons. The van der Waals surface area contributed by atoms with Crippen molar-refractivity contribution in [2.45, 2.75) is 39.1 Å². The first-order valence-corrected chi connectivity index (χ1v) is 7.55. The van der Waals surface area contributed by atoms with Crippen LogP contribution < -0.4 is 20.5 Å². The molecule has 0 aliphatic rings. The minimum Gasteiger partial charge on any atom is -0.491 e. The maximum absolute atomic E-state index is 9.68. The highest BCUT2D eigenvalue weighted by molar-refractivity contribution is 5.43. The van der Waals surface area contributed by atoms with Crippen molar-refractivity contribution in [1.82, 2.24) is 4.98 Å². The number of rotatable bonds is 7. The zero-order valence-corrected chi connectivity index (χ0v) is 13.6. The van der Waals surface area contributed by atoms with Crippen molar-refractivity contribution in [3.8, 4) is 17.4 Å². The minimum atomic E-state index is -0.826. The van der Waals surface area contributed by atoms with Gasteiger partial charge in [0.2, 0.25) is 5.88 Å². The van der Waals surface area contributed by atoms with Crippen molar-refractivity contribution in [1.29, 1.82) is 0 Å². The Bertz CT molecular complexity index is 615. The van der Waals surface area contributed by atoms with Crippen LogP contribution in [0, 0.1) is 0 Å². The van der Waals surface area contributed by atoms with Gasteiger partial charge in [-0.05, 0) is 39.0 Å². The predicted molar refractivity (Wildman–Crippen MR) is 89.8 cm³/mol. The molecule has 0 aliphatic carbocycles. The van der Waals surface area contributed by atoms with E-state index in [1.807, 2.05) is 38.1 Å². The molecule has 0 amide bonds. The number of hydrogen-bond acceptors (Lipinski definition) is 6. The third-order valence-corrected chi connectivity index (χ3v) is 2.95. The molecule has 0 fully saturated rings. The number of ether oxygens (including phenoxy) is 2. The third-order valence-electron chi connectivity index (χ3n) is 2.95. The highest BCUT2D eigenvalue weighted by Gasteiger charge is 2.09. The number of aliphatic hydroxyl groups is 1. The molecule has 6 nitrogen and oxygen atoms in total. The molecule has 1 aromatic carbocycles. The van der Waals surface area contributed by atoms with E-state index in [2.05, 4.69) is 10.3 Å². The number of aromatic nitrogens is 1. The molecule has 2 atom stereocenters. The topological polar surface area (TPSA) is 89.6 Å². The van der Waals surface area contributed by atoms with E-state index in [0.29, 0.717) is 17.3 Å². The Balaban J connectivity index is 2.00. The van der Waals surface area contributed by atoms with Crippen molar-refractivity contribution >= 4 is 5.69 Å². The number of hydrogen-bond donors (Lipinski definition) is 3. The van der Waals surface area contributed by atoms with Gasteiger partial charge in [0, 0.05) is 18.2 Å². The van der Waals surface area contributed by atoms with Gasteiger partial charge in [0.05, 0.1) is 18.0 Å². The summed E-state index contributed by atoms with van der Waals surface area (Å²) in [6.07, 6.45) is 0.855. The quantitative estimate of drug-likeness (QED) is 0.680. The number of aliphatic hydroxyl groups excluding tert-OH is 1. The van der Waals surface area contributed by atoms with Crippen LogP contribution in [0.3, 0.4) is 0 Å². The van der Waals surface area contributed by atoms with Crippen LogP contribution in [0.4, 0.5) is 5.69 Å². The highest BCUT2D eigenvalue weighted by atomic mass is 16.5. The monoisotopic (exact) mass is 317 g/mol. The molecule has 2 aromatic rings. The van der Waals surface area contributed by atoms with Crippen molar-refractivity contribution < 1.29 is 14.6 Å². The Labute approximate surface area is 136 Å². The number of nitrogens with one attached hydrogen (secondary N) is 1. The van der Waals surface area contributed by atoms with E-state index in [0.717, 1.165) is 5.75 Å². The van der Waals surface area contributed by atoms with Crippen LogP contribution in [-0.2, 0) is 0 Å². The third kappa shape index (κ3) is 5.43. The van der Waals surface area contributed by atoms with Gasteiger partial charge in [-0.2, -0.15) is 0 Å². The van der Waals surface area contributed by atoms with E-state index in [-0.39, 0.29) is 12.1 Å². The van der Waals surface area contributed by atoms with Crippen LogP contribution in [0.1, 0.15) is 20.8 Å². The summed E-state index contributed by atoms with van der Waals surface area (Å²) in [5, 5.41) is 12.5. The lowest BCUT2D eigenvalue weighted by atomic mass is 10.3. The summed E-state index contributed by atoms with van der Waals surface area (Å²) in [4.78, 5) is 4.20. The largest absolute Gasteiger partial charge is 0.491 e. The van der Waals surface area contributed by atoms with Gasteiger partial charge in [-0.15, -0.1) is 0 Å². The molecule has 1 heterocycles. The van der Waals surface area contributed by atoms with Gasteiger partial charge in [-0.1, -0.05) is 6.07 Å². The molecule has 2 rings (SSSR count). The molecule has 23 heavy (non-hydrogen) atoms. The Morgan fingerprint density at radius 2 is 1.87 bits per heavy atom. The predicted octanol–water partition coefficient (Wildman–Crippen LogP) is 2.74. The average Bonchev–Trinajstić information content (AvgIpc) is 2.49. The summed E-state index contributed by atoms with van der Waals surface area (Å²) in [6, 6.07) is 10.5. The number of pyridine rings is 1. The Kier molecular flexibility index (Phi) is 5.78. The summed E-state index contributed by atoms with van der Waals surface area (Å²) in [7, 11) is 0. The molecular weight excluding hydrogens is 294 g/mol. The van der Waals surface area contributed by atoms with Crippen LogP contribution in [0.15, 0.2) is 42.6 Å². The summed E-state index contributed by atoms with van der Waals surface area (Å²) in [5.41, 5.74) is 6.26. The van der Waals surface area contributed by atoms with Crippen molar-refractivity contribution in [3.63, 3.8) is 0 Å². The van der Waals surface area contributed by atoms with E-state index in [1.165, 1.54) is 0 Å². The highest BCUT2D eigenvalue weighted by Crippen LogP contribution is 2.25. The SMILES string of the molecule is CC(C)Oc1cccc(Oc2ccc(N[C@H](O)[C@@H](C)N)cn2)c1. The lowest BCUT2D eigenvalue weighted by Crippen LogP contribution is -2.37. The normalized spacial score (nSPS) is 13.5. The maximum Gasteiger partial charge on any atom is 0.219 e. The zero-order valence-electron chi connectivity index (χ0n) is 13.6. The van der Waals surface area contributed by atoms with Crippen LogP contribution in [0.5, 0.6) is 17.4 Å². The minimum absolute atomic E-state index is 0.102. The van der Waals surface area contributed by atoms with E-state index in [4.69, 9.17) is 15.2 Å². The number of anilines is 1. The first-order chi connectivity index (χ1) is 10.9. The Morgan fingerprint density at radius 3 is 2.48 bits per heavy atom. The van der Waals surface area contributed by atoms with E-state index >= 15 is 0 Å². The van der Waals surface area contributed by atoms with E-state index in [9.17, 15) is 5.11 Å². The smallest absolute Gasteiger partial charge is 0.219 e. The summed E-state index contributed by atoms with van der Waals surface area (Å²) < 4.78 is 11.3. The molecule has 124 valence electrons. The lowest BCUT2D eigenvalue weighted by molar-refractivity contribution is 0.179. The second kappa shape index (κ2) is 7.80. The van der Waals surface area contributed by atoms with Gasteiger partial charge in [0.25, 0.3) is 0 Å². The molecule has 0 saturated carbocycles. The second-order valence-electron chi connectivity index (χ2n) is 5.58. The van der Waals surface area contributed by atoms with Gasteiger partial charge in [0.1, 0.15) is 17.7 Å². The van der Waals surface area contributed by atoms with Crippen LogP contribution in [0.25, 0.3) is 0 Å². The molecule has 0 unspecified atom stereocenters. The second-order valence-corrected chi connectivity index (χ2v) is 5.58. The van der Waals surface area contributed by atoms with Crippen molar-refractivity contribution in [2.24, 2.45) is 5.73 Å². The molecule has 4 N–H and O–H groups in total. The summed E-state index contributed by atoms with van der Waals surface area (Å²) >= 11 is 0. The van der Waals surface area contributed by atoms with Crippen molar-refractivity contribution in [2.75, 3.05) is 5.32 Å². The van der Waals surface area contributed by atoms with E-state index < -0.39 is 6.23 Å². The number of nitrogens with two attached hydrogens (primary N) is 1.